The molecular formula is C15H11BrN4O5S. The van der Waals surface area contributed by atoms with Crippen LogP contribution in [0, 0.1) is 10.1 Å². The summed E-state index contributed by atoms with van der Waals surface area (Å²) in [6, 6.07) is 11.8. The number of sulfonamides is 1. The molecule has 26 heavy (non-hydrogen) atoms. The molecule has 0 unspecified atom stereocenters. The van der Waals surface area contributed by atoms with Crippen LogP contribution in [-0.2, 0) is 16.6 Å². The summed E-state index contributed by atoms with van der Waals surface area (Å²) in [4.78, 5) is 14.1. The molecule has 1 aromatic heterocycles. The lowest BCUT2D eigenvalue weighted by atomic mass is 10.2. The molecule has 2 aromatic carbocycles. The van der Waals surface area contributed by atoms with Crippen LogP contribution in [0.15, 0.2) is 62.4 Å². The third-order valence-corrected chi connectivity index (χ3v) is 5.23. The van der Waals surface area contributed by atoms with Gasteiger partial charge in [0.2, 0.25) is 21.7 Å². The molecule has 0 bridgehead atoms. The van der Waals surface area contributed by atoms with Gasteiger partial charge in [0, 0.05) is 22.2 Å². The summed E-state index contributed by atoms with van der Waals surface area (Å²) in [5.74, 6) is 0.418. The third-order valence-electron chi connectivity index (χ3n) is 3.32. The molecule has 0 amide bonds. The lowest BCUT2D eigenvalue weighted by molar-refractivity contribution is -0.384. The second kappa shape index (κ2) is 7.32. The molecule has 3 rings (SSSR count). The number of hydrogen-bond donors (Lipinski definition) is 1. The van der Waals surface area contributed by atoms with E-state index in [1.165, 1.54) is 0 Å². The van der Waals surface area contributed by atoms with Crippen molar-refractivity contribution < 1.29 is 17.9 Å². The zero-order valence-electron chi connectivity index (χ0n) is 13.0. The van der Waals surface area contributed by atoms with Crippen molar-refractivity contribution in [2.45, 2.75) is 11.4 Å². The Morgan fingerprint density at radius 3 is 2.58 bits per heavy atom. The first-order chi connectivity index (χ1) is 12.3. The van der Waals surface area contributed by atoms with Crippen LogP contribution in [0.5, 0.6) is 0 Å². The molecule has 0 radical (unpaired) electrons. The molecule has 11 heteroatoms. The molecule has 0 aliphatic rings. The average molecular weight is 439 g/mol. The summed E-state index contributed by atoms with van der Waals surface area (Å²) in [6.07, 6.45) is 0. The molecule has 0 aliphatic heterocycles. The number of halogens is 1. The highest BCUT2D eigenvalue weighted by molar-refractivity contribution is 9.10. The Morgan fingerprint density at radius 1 is 1.19 bits per heavy atom. The highest BCUT2D eigenvalue weighted by atomic mass is 79.9. The number of nitro groups is 1. The number of nitro benzene ring substituents is 1. The van der Waals surface area contributed by atoms with Crippen LogP contribution in [0.1, 0.15) is 5.89 Å². The van der Waals surface area contributed by atoms with E-state index in [1.54, 1.807) is 12.1 Å². The van der Waals surface area contributed by atoms with E-state index < -0.39 is 14.9 Å². The topological polar surface area (TPSA) is 128 Å². The molecule has 1 heterocycles. The Bertz CT molecular complexity index is 1050. The molecule has 0 fully saturated rings. The van der Waals surface area contributed by atoms with Crippen molar-refractivity contribution in [1.29, 1.82) is 0 Å². The zero-order valence-corrected chi connectivity index (χ0v) is 15.4. The predicted molar refractivity (Wildman–Crippen MR) is 94.6 cm³/mol. The maximum atomic E-state index is 12.2. The maximum Gasteiger partial charge on any atom is 0.269 e. The Morgan fingerprint density at radius 2 is 1.92 bits per heavy atom. The van der Waals surface area contributed by atoms with Gasteiger partial charge in [-0.3, -0.25) is 10.1 Å². The van der Waals surface area contributed by atoms with Gasteiger partial charge in [-0.1, -0.05) is 33.2 Å². The van der Waals surface area contributed by atoms with Gasteiger partial charge in [0.1, 0.15) is 0 Å². The van der Waals surface area contributed by atoms with Gasteiger partial charge in [-0.05, 0) is 24.3 Å². The van der Waals surface area contributed by atoms with Gasteiger partial charge in [-0.15, -0.1) is 0 Å². The summed E-state index contributed by atoms with van der Waals surface area (Å²) >= 11 is 3.34. The smallest absolute Gasteiger partial charge is 0.269 e. The second-order valence-electron chi connectivity index (χ2n) is 5.10. The van der Waals surface area contributed by atoms with Crippen molar-refractivity contribution >= 4 is 31.6 Å². The lowest BCUT2D eigenvalue weighted by Gasteiger charge is -2.04. The van der Waals surface area contributed by atoms with Gasteiger partial charge in [-0.2, -0.15) is 4.98 Å². The molecule has 0 spiro atoms. The van der Waals surface area contributed by atoms with Crippen LogP contribution >= 0.6 is 15.9 Å². The molecule has 3 aromatic rings. The van der Waals surface area contributed by atoms with E-state index in [0.29, 0.717) is 11.4 Å². The number of benzene rings is 2. The Kier molecular flexibility index (Phi) is 5.11. The number of rotatable bonds is 6. The second-order valence-corrected chi connectivity index (χ2v) is 7.78. The zero-order chi connectivity index (χ0) is 18.7. The van der Waals surface area contributed by atoms with Crippen molar-refractivity contribution in [3.63, 3.8) is 0 Å². The molecule has 9 nitrogen and oxygen atoms in total. The molecule has 0 atom stereocenters. The van der Waals surface area contributed by atoms with Gasteiger partial charge in [0.05, 0.1) is 16.4 Å². The van der Waals surface area contributed by atoms with E-state index in [1.807, 2.05) is 12.1 Å². The highest BCUT2D eigenvalue weighted by Gasteiger charge is 2.17. The highest BCUT2D eigenvalue weighted by Crippen LogP contribution is 2.20. The maximum absolute atomic E-state index is 12.2. The molecular weight excluding hydrogens is 428 g/mol. The molecule has 0 aliphatic carbocycles. The quantitative estimate of drug-likeness (QED) is 0.462. The normalized spacial score (nSPS) is 11.4. The van der Waals surface area contributed by atoms with Crippen molar-refractivity contribution in [1.82, 2.24) is 14.9 Å². The van der Waals surface area contributed by atoms with Crippen molar-refractivity contribution in [2.75, 3.05) is 0 Å². The van der Waals surface area contributed by atoms with Crippen molar-refractivity contribution in [3.8, 4) is 11.4 Å². The van der Waals surface area contributed by atoms with Crippen LogP contribution in [0.25, 0.3) is 11.4 Å². The van der Waals surface area contributed by atoms with E-state index in [0.717, 1.165) is 28.7 Å². The number of non-ortho nitro benzene ring substituents is 1. The minimum absolute atomic E-state index is 0.0884. The summed E-state index contributed by atoms with van der Waals surface area (Å²) in [7, 11) is -3.87. The summed E-state index contributed by atoms with van der Waals surface area (Å²) in [6.45, 7) is -0.208. The van der Waals surface area contributed by atoms with Gasteiger partial charge in [0.25, 0.3) is 5.69 Å². The van der Waals surface area contributed by atoms with Gasteiger partial charge in [0.15, 0.2) is 0 Å². The fourth-order valence-corrected chi connectivity index (χ4v) is 3.43. The first-order valence-corrected chi connectivity index (χ1v) is 9.45. The van der Waals surface area contributed by atoms with Crippen LogP contribution < -0.4 is 4.72 Å². The van der Waals surface area contributed by atoms with Crippen molar-refractivity contribution in [2.24, 2.45) is 0 Å². The first-order valence-electron chi connectivity index (χ1n) is 7.18. The van der Waals surface area contributed by atoms with Gasteiger partial charge < -0.3 is 4.52 Å². The van der Waals surface area contributed by atoms with Crippen LogP contribution in [0.2, 0.25) is 0 Å². The third kappa shape index (κ3) is 4.12. The Labute approximate surface area is 156 Å². The Hall–Kier alpha value is -2.63. The summed E-state index contributed by atoms with van der Waals surface area (Å²) < 4.78 is 32.7. The van der Waals surface area contributed by atoms with Crippen molar-refractivity contribution in [3.05, 3.63) is 69.0 Å². The Balaban J connectivity index is 1.71. The van der Waals surface area contributed by atoms with E-state index in [4.69, 9.17) is 4.52 Å². The number of nitrogens with one attached hydrogen (secondary N) is 1. The minimum atomic E-state index is -3.87. The van der Waals surface area contributed by atoms with Crippen LogP contribution in [0.3, 0.4) is 0 Å². The van der Waals surface area contributed by atoms with Crippen LogP contribution in [0.4, 0.5) is 5.69 Å². The number of hydrogen-bond acceptors (Lipinski definition) is 7. The fourth-order valence-electron chi connectivity index (χ4n) is 2.06. The molecule has 134 valence electrons. The molecule has 0 saturated heterocycles. The summed E-state index contributed by atoms with van der Waals surface area (Å²) in [5, 5.41) is 14.4. The van der Waals surface area contributed by atoms with E-state index in [-0.39, 0.29) is 23.0 Å². The SMILES string of the molecule is O=[N+]([O-])c1ccc(S(=O)(=O)NCc2nc(-c3cccc(Br)c3)no2)cc1. The number of nitrogens with zero attached hydrogens (tertiary/aromatic N) is 3. The molecule has 1 N–H and O–H groups in total. The monoisotopic (exact) mass is 438 g/mol. The summed E-state index contributed by atoms with van der Waals surface area (Å²) in [5.41, 5.74) is 0.520. The molecule has 0 saturated carbocycles. The predicted octanol–water partition coefficient (Wildman–Crippen LogP) is 2.89. The average Bonchev–Trinajstić information content (AvgIpc) is 3.09. The van der Waals surface area contributed by atoms with E-state index in [9.17, 15) is 18.5 Å². The van der Waals surface area contributed by atoms with E-state index in [2.05, 4.69) is 30.8 Å². The van der Waals surface area contributed by atoms with Gasteiger partial charge >= 0.3 is 0 Å². The standard InChI is InChI=1S/C15H11BrN4O5S/c16-11-3-1-2-10(8-11)15-18-14(25-19-15)9-17-26(23,24)13-6-4-12(5-7-13)20(21)22/h1-8,17H,9H2. The lowest BCUT2D eigenvalue weighted by Crippen LogP contribution is -2.23. The largest absolute Gasteiger partial charge is 0.338 e. The first kappa shape index (κ1) is 18.2. The van der Waals surface area contributed by atoms with E-state index >= 15 is 0 Å². The van der Waals surface area contributed by atoms with Gasteiger partial charge in [-0.25, -0.2) is 13.1 Å². The minimum Gasteiger partial charge on any atom is -0.338 e. The van der Waals surface area contributed by atoms with Crippen LogP contribution in [-0.4, -0.2) is 23.5 Å². The fraction of sp³-hybridized carbons (Fsp3) is 0.0667. The number of aromatic nitrogens is 2.